The topological polar surface area (TPSA) is 57.5 Å². The van der Waals surface area contributed by atoms with Gasteiger partial charge in [0.25, 0.3) is 5.56 Å². The number of hydrogen-bond donors (Lipinski definition) is 0. The zero-order chi connectivity index (χ0) is 16.1. The molecule has 1 heterocycles. The first-order chi connectivity index (χ1) is 10.5. The number of nitrogens with zero attached hydrogens (tertiary/aromatic N) is 1. The number of ketones is 1. The molecule has 0 aliphatic heterocycles. The number of hydrogen-bond acceptors (Lipinski definition) is 4. The highest BCUT2D eigenvalue weighted by atomic mass is 16.5. The van der Waals surface area contributed by atoms with Crippen molar-refractivity contribution in [2.45, 2.75) is 19.9 Å². The lowest BCUT2D eigenvalue weighted by atomic mass is 10.1. The fourth-order valence-electron chi connectivity index (χ4n) is 2.20. The Morgan fingerprint density at radius 3 is 2.45 bits per heavy atom. The number of carbonyl (C=O) groups excluding carboxylic acids is 1. The van der Waals surface area contributed by atoms with Crippen LogP contribution in [0.5, 0.6) is 11.5 Å². The van der Waals surface area contributed by atoms with Crippen LogP contribution < -0.4 is 15.0 Å². The molecule has 5 nitrogen and oxygen atoms in total. The van der Waals surface area contributed by atoms with Gasteiger partial charge in [-0.2, -0.15) is 0 Å². The van der Waals surface area contributed by atoms with Gasteiger partial charge in [-0.25, -0.2) is 0 Å². The summed E-state index contributed by atoms with van der Waals surface area (Å²) >= 11 is 0. The number of rotatable bonds is 6. The first kappa shape index (κ1) is 15.8. The van der Waals surface area contributed by atoms with Gasteiger partial charge in [0.1, 0.15) is 0 Å². The Balaban J connectivity index is 2.18. The summed E-state index contributed by atoms with van der Waals surface area (Å²) < 4.78 is 12.0. The van der Waals surface area contributed by atoms with Crippen molar-refractivity contribution in [1.82, 2.24) is 4.57 Å². The van der Waals surface area contributed by atoms with E-state index in [0.29, 0.717) is 30.0 Å². The van der Waals surface area contributed by atoms with Crippen LogP contribution in [0.25, 0.3) is 0 Å². The summed E-state index contributed by atoms with van der Waals surface area (Å²) in [4.78, 5) is 23.2. The molecule has 0 spiro atoms. The molecule has 0 N–H and O–H groups in total. The summed E-state index contributed by atoms with van der Waals surface area (Å²) in [7, 11) is 3.17. The molecule has 116 valence electrons. The molecule has 0 atom stereocenters. The SMILES string of the molecule is COc1ccc(CCn2cc(C(C)=O)ccc2=O)cc1OC. The molecule has 0 unspecified atom stereocenters. The molecule has 0 saturated heterocycles. The molecule has 0 fully saturated rings. The summed E-state index contributed by atoms with van der Waals surface area (Å²) in [6, 6.07) is 8.63. The maximum atomic E-state index is 11.8. The van der Waals surface area contributed by atoms with Gasteiger partial charge >= 0.3 is 0 Å². The maximum absolute atomic E-state index is 11.8. The molecule has 2 rings (SSSR count). The average Bonchev–Trinajstić information content (AvgIpc) is 2.53. The molecule has 5 heteroatoms. The van der Waals surface area contributed by atoms with Crippen molar-refractivity contribution in [1.29, 1.82) is 0 Å². The van der Waals surface area contributed by atoms with Gasteiger partial charge in [-0.1, -0.05) is 6.07 Å². The highest BCUT2D eigenvalue weighted by molar-refractivity contribution is 5.93. The summed E-state index contributed by atoms with van der Waals surface area (Å²) in [5.74, 6) is 1.27. The minimum atomic E-state index is -0.120. The minimum absolute atomic E-state index is 0.0557. The Morgan fingerprint density at radius 1 is 1.09 bits per heavy atom. The highest BCUT2D eigenvalue weighted by Crippen LogP contribution is 2.27. The van der Waals surface area contributed by atoms with Crippen molar-refractivity contribution in [3.8, 4) is 11.5 Å². The van der Waals surface area contributed by atoms with Crippen LogP contribution in [0.15, 0.2) is 41.3 Å². The Hall–Kier alpha value is -2.56. The third kappa shape index (κ3) is 3.55. The maximum Gasteiger partial charge on any atom is 0.250 e. The fourth-order valence-corrected chi connectivity index (χ4v) is 2.20. The Labute approximate surface area is 129 Å². The van der Waals surface area contributed by atoms with Crippen LogP contribution in [0.3, 0.4) is 0 Å². The first-order valence-electron chi connectivity index (χ1n) is 6.97. The van der Waals surface area contributed by atoms with E-state index in [9.17, 15) is 9.59 Å². The van der Waals surface area contributed by atoms with Crippen LogP contribution in [0, 0.1) is 0 Å². The molecule has 2 aromatic rings. The molecule has 0 radical (unpaired) electrons. The Bertz CT molecular complexity index is 734. The molecular weight excluding hydrogens is 282 g/mol. The van der Waals surface area contributed by atoms with E-state index in [0.717, 1.165) is 5.56 Å². The second-order valence-electron chi connectivity index (χ2n) is 4.94. The molecule has 0 amide bonds. The molecule has 0 aliphatic rings. The van der Waals surface area contributed by atoms with Crippen molar-refractivity contribution >= 4 is 5.78 Å². The minimum Gasteiger partial charge on any atom is -0.493 e. The number of benzene rings is 1. The van der Waals surface area contributed by atoms with E-state index < -0.39 is 0 Å². The van der Waals surface area contributed by atoms with Crippen LogP contribution in [0.4, 0.5) is 0 Å². The van der Waals surface area contributed by atoms with E-state index in [4.69, 9.17) is 9.47 Å². The molecule has 0 bridgehead atoms. The lowest BCUT2D eigenvalue weighted by Crippen LogP contribution is -2.20. The summed E-state index contributed by atoms with van der Waals surface area (Å²) in [6.45, 7) is 1.98. The zero-order valence-corrected chi connectivity index (χ0v) is 13.0. The van der Waals surface area contributed by atoms with Gasteiger partial charge in [0.15, 0.2) is 17.3 Å². The fraction of sp³-hybridized carbons (Fsp3) is 0.294. The van der Waals surface area contributed by atoms with Gasteiger partial charge < -0.3 is 14.0 Å². The molecule has 1 aromatic carbocycles. The van der Waals surface area contributed by atoms with Gasteiger partial charge in [-0.05, 0) is 37.1 Å². The normalized spacial score (nSPS) is 10.3. The van der Waals surface area contributed by atoms with E-state index >= 15 is 0 Å². The van der Waals surface area contributed by atoms with Crippen molar-refractivity contribution in [2.75, 3.05) is 14.2 Å². The molecule has 22 heavy (non-hydrogen) atoms. The smallest absolute Gasteiger partial charge is 0.250 e. The van der Waals surface area contributed by atoms with E-state index in [1.54, 1.807) is 31.0 Å². The van der Waals surface area contributed by atoms with E-state index in [1.807, 2.05) is 18.2 Å². The van der Waals surface area contributed by atoms with Gasteiger partial charge in [0, 0.05) is 24.4 Å². The third-order valence-electron chi connectivity index (χ3n) is 3.48. The second kappa shape index (κ2) is 6.93. The lowest BCUT2D eigenvalue weighted by molar-refractivity contribution is 0.101. The summed E-state index contributed by atoms with van der Waals surface area (Å²) in [5, 5.41) is 0. The second-order valence-corrected chi connectivity index (χ2v) is 4.94. The van der Waals surface area contributed by atoms with Crippen LogP contribution in [0.2, 0.25) is 0 Å². The van der Waals surface area contributed by atoms with Crippen molar-refractivity contribution in [3.05, 3.63) is 58.0 Å². The van der Waals surface area contributed by atoms with Crippen molar-refractivity contribution < 1.29 is 14.3 Å². The number of Topliss-reactive ketones (excluding diaryl/α,β-unsaturated/α-hetero) is 1. The number of pyridine rings is 1. The average molecular weight is 301 g/mol. The third-order valence-corrected chi connectivity index (χ3v) is 3.48. The molecule has 0 saturated carbocycles. The monoisotopic (exact) mass is 301 g/mol. The summed E-state index contributed by atoms with van der Waals surface area (Å²) in [5.41, 5.74) is 1.44. The molecular formula is C17H19NO4. The highest BCUT2D eigenvalue weighted by Gasteiger charge is 2.06. The van der Waals surface area contributed by atoms with Crippen LogP contribution >= 0.6 is 0 Å². The van der Waals surface area contributed by atoms with Crippen LogP contribution in [0.1, 0.15) is 22.8 Å². The molecule has 0 aliphatic carbocycles. The predicted octanol–water partition coefficient (Wildman–Crippen LogP) is 2.31. The van der Waals surface area contributed by atoms with E-state index in [2.05, 4.69) is 0 Å². The van der Waals surface area contributed by atoms with Crippen LogP contribution in [-0.2, 0) is 13.0 Å². The van der Waals surface area contributed by atoms with Crippen LogP contribution in [-0.4, -0.2) is 24.6 Å². The van der Waals surface area contributed by atoms with Gasteiger partial charge in [-0.15, -0.1) is 0 Å². The number of carbonyl (C=O) groups is 1. The number of aromatic nitrogens is 1. The lowest BCUT2D eigenvalue weighted by Gasteiger charge is -2.11. The molecule has 1 aromatic heterocycles. The Kier molecular flexibility index (Phi) is 4.99. The quantitative estimate of drug-likeness (QED) is 0.768. The largest absolute Gasteiger partial charge is 0.493 e. The Morgan fingerprint density at radius 2 is 1.82 bits per heavy atom. The zero-order valence-electron chi connectivity index (χ0n) is 13.0. The standard InChI is InChI=1S/C17H19NO4/c1-12(19)14-5-7-17(20)18(11-14)9-8-13-4-6-15(21-2)16(10-13)22-3/h4-7,10-11H,8-9H2,1-3H3. The summed E-state index contributed by atoms with van der Waals surface area (Å²) in [6.07, 6.45) is 2.26. The van der Waals surface area contributed by atoms with Crippen molar-refractivity contribution in [3.63, 3.8) is 0 Å². The van der Waals surface area contributed by atoms with Gasteiger partial charge in [0.05, 0.1) is 14.2 Å². The van der Waals surface area contributed by atoms with Gasteiger partial charge in [-0.3, -0.25) is 9.59 Å². The van der Waals surface area contributed by atoms with Gasteiger partial charge in [0.2, 0.25) is 0 Å². The van der Waals surface area contributed by atoms with E-state index in [1.165, 1.54) is 13.0 Å². The number of methoxy groups -OCH3 is 2. The number of aryl methyl sites for hydroxylation is 2. The first-order valence-corrected chi connectivity index (χ1v) is 6.97. The van der Waals surface area contributed by atoms with E-state index in [-0.39, 0.29) is 11.3 Å². The number of ether oxygens (including phenoxy) is 2. The predicted molar refractivity (Wildman–Crippen MR) is 84.0 cm³/mol. The van der Waals surface area contributed by atoms with Crippen molar-refractivity contribution in [2.24, 2.45) is 0 Å².